The van der Waals surface area contributed by atoms with E-state index < -0.39 is 0 Å². The average molecular weight is 267 g/mol. The van der Waals surface area contributed by atoms with Crippen molar-refractivity contribution in [1.29, 1.82) is 0 Å². The lowest BCUT2D eigenvalue weighted by molar-refractivity contribution is 0.0773. The number of nitrogens with zero attached hydrogens (tertiary/aromatic N) is 2. The van der Waals surface area contributed by atoms with Crippen LogP contribution in [0.15, 0.2) is 4.52 Å². The highest BCUT2D eigenvalue weighted by molar-refractivity contribution is 4.97. The van der Waals surface area contributed by atoms with Crippen LogP contribution in [-0.2, 0) is 11.2 Å². The predicted molar refractivity (Wildman–Crippen MR) is 72.8 cm³/mol. The summed E-state index contributed by atoms with van der Waals surface area (Å²) < 4.78 is 10.8. The molecule has 1 fully saturated rings. The molecule has 19 heavy (non-hydrogen) atoms. The fourth-order valence-corrected chi connectivity index (χ4v) is 2.64. The summed E-state index contributed by atoms with van der Waals surface area (Å²) in [4.78, 5) is 4.52. The van der Waals surface area contributed by atoms with Gasteiger partial charge in [-0.1, -0.05) is 19.0 Å². The Labute approximate surface area is 114 Å². The van der Waals surface area contributed by atoms with Crippen molar-refractivity contribution >= 4 is 0 Å². The van der Waals surface area contributed by atoms with E-state index in [9.17, 15) is 0 Å². The summed E-state index contributed by atoms with van der Waals surface area (Å²) in [6.45, 7) is 6.65. The molecule has 2 heterocycles. The van der Waals surface area contributed by atoms with Crippen LogP contribution in [0.3, 0.4) is 0 Å². The molecule has 2 atom stereocenters. The second-order valence-electron chi connectivity index (χ2n) is 5.90. The number of aromatic nitrogens is 2. The van der Waals surface area contributed by atoms with Crippen LogP contribution in [0.1, 0.15) is 50.7 Å². The Bertz CT molecular complexity index is 373. The first-order chi connectivity index (χ1) is 9.19. The third-order valence-corrected chi connectivity index (χ3v) is 3.61. The van der Waals surface area contributed by atoms with Crippen molar-refractivity contribution < 1.29 is 9.26 Å². The highest BCUT2D eigenvalue weighted by atomic mass is 16.5. The fourth-order valence-electron chi connectivity index (χ4n) is 2.64. The summed E-state index contributed by atoms with van der Waals surface area (Å²) in [5.41, 5.74) is 5.81. The van der Waals surface area contributed by atoms with Gasteiger partial charge in [-0.2, -0.15) is 4.98 Å². The quantitative estimate of drug-likeness (QED) is 0.854. The Morgan fingerprint density at radius 1 is 1.42 bits per heavy atom. The molecule has 5 nitrogen and oxygen atoms in total. The zero-order valence-electron chi connectivity index (χ0n) is 12.0. The van der Waals surface area contributed by atoms with Crippen LogP contribution >= 0.6 is 0 Å². The minimum absolute atomic E-state index is 0.299. The normalized spacial score (nSPS) is 21.8. The van der Waals surface area contributed by atoms with Gasteiger partial charge in [-0.05, 0) is 37.6 Å². The van der Waals surface area contributed by atoms with Gasteiger partial charge in [-0.15, -0.1) is 0 Å². The smallest absolute Gasteiger partial charge is 0.226 e. The molecule has 2 rings (SSSR count). The van der Waals surface area contributed by atoms with Crippen LogP contribution in [0.25, 0.3) is 0 Å². The molecule has 1 aliphatic heterocycles. The molecular weight excluding hydrogens is 242 g/mol. The Morgan fingerprint density at radius 3 is 2.89 bits per heavy atom. The number of hydrogen-bond acceptors (Lipinski definition) is 5. The van der Waals surface area contributed by atoms with Crippen molar-refractivity contribution in [3.05, 3.63) is 11.7 Å². The van der Waals surface area contributed by atoms with Gasteiger partial charge in [-0.3, -0.25) is 0 Å². The maximum atomic E-state index is 5.81. The number of nitrogens with two attached hydrogens (primary N) is 1. The predicted octanol–water partition coefficient (Wildman–Crippen LogP) is 2.13. The lowest BCUT2D eigenvalue weighted by Gasteiger charge is -2.18. The SMILES string of the molecule is CC(C)CC(CN)Cc1nc(C2CCCOC2)no1. The minimum Gasteiger partial charge on any atom is -0.381 e. The number of hydrogen-bond donors (Lipinski definition) is 1. The highest BCUT2D eigenvalue weighted by Gasteiger charge is 2.22. The van der Waals surface area contributed by atoms with Crippen molar-refractivity contribution in [2.24, 2.45) is 17.6 Å². The van der Waals surface area contributed by atoms with Gasteiger partial charge in [0.25, 0.3) is 0 Å². The lowest BCUT2D eigenvalue weighted by Crippen LogP contribution is -2.19. The standard InChI is InChI=1S/C14H25N3O2/c1-10(2)6-11(8-15)7-13-16-14(17-19-13)12-4-3-5-18-9-12/h10-12H,3-9,15H2,1-2H3. The zero-order chi connectivity index (χ0) is 13.7. The first kappa shape index (κ1) is 14.5. The zero-order valence-corrected chi connectivity index (χ0v) is 12.0. The van der Waals surface area contributed by atoms with E-state index in [1.165, 1.54) is 0 Å². The molecule has 1 aromatic rings. The van der Waals surface area contributed by atoms with Gasteiger partial charge in [0.05, 0.1) is 6.61 Å². The Morgan fingerprint density at radius 2 is 2.26 bits per heavy atom. The molecule has 0 radical (unpaired) electrons. The van der Waals surface area contributed by atoms with Gasteiger partial charge in [0.2, 0.25) is 5.89 Å². The van der Waals surface area contributed by atoms with E-state index in [0.29, 0.717) is 30.9 Å². The van der Waals surface area contributed by atoms with Gasteiger partial charge >= 0.3 is 0 Å². The lowest BCUT2D eigenvalue weighted by atomic mass is 9.94. The summed E-state index contributed by atoms with van der Waals surface area (Å²) in [6, 6.07) is 0. The van der Waals surface area contributed by atoms with E-state index in [4.69, 9.17) is 15.0 Å². The molecule has 0 spiro atoms. The van der Waals surface area contributed by atoms with Crippen molar-refractivity contribution in [2.75, 3.05) is 19.8 Å². The molecule has 0 aliphatic carbocycles. The number of ether oxygens (including phenoxy) is 1. The van der Waals surface area contributed by atoms with Crippen molar-refractivity contribution in [1.82, 2.24) is 10.1 Å². The molecule has 2 unspecified atom stereocenters. The molecule has 5 heteroatoms. The Kier molecular flexibility index (Phi) is 5.34. The van der Waals surface area contributed by atoms with Crippen LogP contribution in [0.5, 0.6) is 0 Å². The highest BCUT2D eigenvalue weighted by Crippen LogP contribution is 2.24. The van der Waals surface area contributed by atoms with Crippen LogP contribution < -0.4 is 5.73 Å². The van der Waals surface area contributed by atoms with Crippen LogP contribution in [0.4, 0.5) is 0 Å². The van der Waals surface area contributed by atoms with E-state index in [0.717, 1.165) is 44.0 Å². The molecule has 0 bridgehead atoms. The van der Waals surface area contributed by atoms with E-state index in [1.807, 2.05) is 0 Å². The Hall–Kier alpha value is -0.940. The fraction of sp³-hybridized carbons (Fsp3) is 0.857. The minimum atomic E-state index is 0.299. The van der Waals surface area contributed by atoms with Gasteiger partial charge in [0.15, 0.2) is 5.82 Å². The number of rotatable bonds is 6. The van der Waals surface area contributed by atoms with Crippen LogP contribution in [0.2, 0.25) is 0 Å². The van der Waals surface area contributed by atoms with Crippen LogP contribution in [0, 0.1) is 11.8 Å². The van der Waals surface area contributed by atoms with Crippen molar-refractivity contribution in [2.45, 2.75) is 45.4 Å². The van der Waals surface area contributed by atoms with Gasteiger partial charge < -0.3 is 15.0 Å². The van der Waals surface area contributed by atoms with Gasteiger partial charge in [0.1, 0.15) is 0 Å². The first-order valence-electron chi connectivity index (χ1n) is 7.29. The molecule has 1 saturated heterocycles. The summed E-state index contributed by atoms with van der Waals surface area (Å²) >= 11 is 0. The van der Waals surface area contributed by atoms with Gasteiger partial charge in [-0.25, -0.2) is 0 Å². The second kappa shape index (κ2) is 7.01. The molecule has 108 valence electrons. The average Bonchev–Trinajstić information content (AvgIpc) is 2.87. The molecule has 0 saturated carbocycles. The first-order valence-corrected chi connectivity index (χ1v) is 7.29. The molecule has 2 N–H and O–H groups in total. The van der Waals surface area contributed by atoms with E-state index in [-0.39, 0.29) is 0 Å². The summed E-state index contributed by atoms with van der Waals surface area (Å²) in [5, 5.41) is 4.10. The topological polar surface area (TPSA) is 74.2 Å². The molecular formula is C14H25N3O2. The van der Waals surface area contributed by atoms with Crippen molar-refractivity contribution in [3.8, 4) is 0 Å². The van der Waals surface area contributed by atoms with E-state index >= 15 is 0 Å². The molecule has 0 aromatic carbocycles. The summed E-state index contributed by atoms with van der Waals surface area (Å²) in [5.74, 6) is 2.89. The van der Waals surface area contributed by atoms with E-state index in [1.54, 1.807) is 0 Å². The van der Waals surface area contributed by atoms with Gasteiger partial charge in [0, 0.05) is 18.9 Å². The third-order valence-electron chi connectivity index (χ3n) is 3.61. The third kappa shape index (κ3) is 4.28. The Balaban J connectivity index is 1.92. The van der Waals surface area contributed by atoms with E-state index in [2.05, 4.69) is 24.0 Å². The molecule has 1 aliphatic rings. The van der Waals surface area contributed by atoms with Crippen molar-refractivity contribution in [3.63, 3.8) is 0 Å². The second-order valence-corrected chi connectivity index (χ2v) is 5.90. The molecule has 0 amide bonds. The summed E-state index contributed by atoms with van der Waals surface area (Å²) in [6.07, 6.45) is 4.05. The maximum absolute atomic E-state index is 5.81. The largest absolute Gasteiger partial charge is 0.381 e. The monoisotopic (exact) mass is 267 g/mol. The van der Waals surface area contributed by atoms with Crippen LogP contribution in [-0.4, -0.2) is 29.9 Å². The maximum Gasteiger partial charge on any atom is 0.226 e. The molecule has 1 aromatic heterocycles. The summed E-state index contributed by atoms with van der Waals surface area (Å²) in [7, 11) is 0.